The number of H-pyrrole nitrogens is 1. The van der Waals surface area contributed by atoms with Crippen LogP contribution in [0.1, 0.15) is 16.8 Å². The van der Waals surface area contributed by atoms with E-state index in [1.807, 2.05) is 37.3 Å². The zero-order valence-corrected chi connectivity index (χ0v) is 9.16. The number of nitrogens with one attached hydrogen (secondary N) is 1. The molecule has 1 aromatic carbocycles. The van der Waals surface area contributed by atoms with Crippen molar-refractivity contribution < 1.29 is 0 Å². The Kier molecular flexibility index (Phi) is 2.77. The molecule has 3 heteroatoms. The van der Waals surface area contributed by atoms with Gasteiger partial charge in [-0.15, -0.1) is 0 Å². The molecule has 2 rings (SSSR count). The molecule has 2 aromatic rings. The number of nitrogen functional groups attached to an aromatic ring is 1. The largest absolute Gasteiger partial charge is 0.385 e. The van der Waals surface area contributed by atoms with Crippen molar-refractivity contribution in [1.29, 1.82) is 0 Å². The smallest absolute Gasteiger partial charge is 0.187 e. The van der Waals surface area contributed by atoms with E-state index in [4.69, 9.17) is 5.73 Å². The molecular weight excluding hydrogens is 200 g/mol. The predicted octanol–water partition coefficient (Wildman–Crippen LogP) is 1.86. The number of aromatic amines is 1. The molecule has 0 aliphatic heterocycles. The lowest BCUT2D eigenvalue weighted by Crippen LogP contribution is -2.14. The molecule has 0 atom stereocenters. The van der Waals surface area contributed by atoms with E-state index in [2.05, 4.69) is 4.98 Å². The first-order valence-corrected chi connectivity index (χ1v) is 5.19. The fourth-order valence-corrected chi connectivity index (χ4v) is 1.72. The zero-order chi connectivity index (χ0) is 11.5. The lowest BCUT2D eigenvalue weighted by molar-refractivity contribution is 1.10. The van der Waals surface area contributed by atoms with Crippen molar-refractivity contribution in [3.05, 3.63) is 63.4 Å². The maximum atomic E-state index is 11.8. The second kappa shape index (κ2) is 4.23. The van der Waals surface area contributed by atoms with Crippen LogP contribution in [0.3, 0.4) is 0 Å². The summed E-state index contributed by atoms with van der Waals surface area (Å²) in [7, 11) is 0. The van der Waals surface area contributed by atoms with E-state index in [-0.39, 0.29) is 5.43 Å². The highest BCUT2D eigenvalue weighted by molar-refractivity contribution is 5.43. The average molecular weight is 214 g/mol. The van der Waals surface area contributed by atoms with Gasteiger partial charge in [0.15, 0.2) is 5.43 Å². The van der Waals surface area contributed by atoms with Crippen LogP contribution in [0, 0.1) is 6.92 Å². The minimum absolute atomic E-state index is 0.00222. The van der Waals surface area contributed by atoms with Gasteiger partial charge in [-0.25, -0.2) is 0 Å². The number of hydrogen-bond acceptors (Lipinski definition) is 2. The molecule has 0 aliphatic carbocycles. The molecule has 0 bridgehead atoms. The highest BCUT2D eigenvalue weighted by Crippen LogP contribution is 2.10. The lowest BCUT2D eigenvalue weighted by Gasteiger charge is -2.06. The molecular formula is C13H14N2O. The molecule has 1 heterocycles. The van der Waals surface area contributed by atoms with Crippen molar-refractivity contribution in [3.8, 4) is 0 Å². The normalized spacial score (nSPS) is 10.3. The summed E-state index contributed by atoms with van der Waals surface area (Å²) in [5.41, 5.74) is 8.33. The molecule has 0 spiro atoms. The van der Waals surface area contributed by atoms with Crippen molar-refractivity contribution in [2.24, 2.45) is 0 Å². The van der Waals surface area contributed by atoms with Crippen LogP contribution in [0.4, 0.5) is 5.82 Å². The summed E-state index contributed by atoms with van der Waals surface area (Å²) in [6.07, 6.45) is 0.572. The highest BCUT2D eigenvalue weighted by atomic mass is 16.1. The molecule has 3 N–H and O–H groups in total. The van der Waals surface area contributed by atoms with Gasteiger partial charge in [0.05, 0.1) is 0 Å². The molecule has 0 radical (unpaired) electrons. The molecule has 0 amide bonds. The molecule has 16 heavy (non-hydrogen) atoms. The number of aryl methyl sites for hydroxylation is 1. The first-order valence-electron chi connectivity index (χ1n) is 5.19. The summed E-state index contributed by atoms with van der Waals surface area (Å²) in [4.78, 5) is 14.7. The van der Waals surface area contributed by atoms with E-state index >= 15 is 0 Å². The summed E-state index contributed by atoms with van der Waals surface area (Å²) < 4.78 is 0. The number of hydrogen-bond donors (Lipinski definition) is 2. The Morgan fingerprint density at radius 2 is 1.94 bits per heavy atom. The Bertz CT molecular complexity index is 544. The van der Waals surface area contributed by atoms with E-state index in [1.54, 1.807) is 6.07 Å². The van der Waals surface area contributed by atoms with Gasteiger partial charge in [-0.05, 0) is 12.5 Å². The summed E-state index contributed by atoms with van der Waals surface area (Å²) >= 11 is 0. The van der Waals surface area contributed by atoms with Crippen molar-refractivity contribution in [3.63, 3.8) is 0 Å². The summed E-state index contributed by atoms with van der Waals surface area (Å²) in [6, 6.07) is 11.4. The number of benzene rings is 1. The Morgan fingerprint density at radius 3 is 2.56 bits per heavy atom. The highest BCUT2D eigenvalue weighted by Gasteiger charge is 2.06. The third-order valence-electron chi connectivity index (χ3n) is 2.53. The van der Waals surface area contributed by atoms with E-state index in [0.717, 1.165) is 11.3 Å². The van der Waals surface area contributed by atoms with E-state index in [1.165, 1.54) is 0 Å². The Morgan fingerprint density at radius 1 is 1.25 bits per heavy atom. The maximum absolute atomic E-state index is 11.8. The lowest BCUT2D eigenvalue weighted by atomic mass is 10.1. The average Bonchev–Trinajstić information content (AvgIpc) is 2.25. The van der Waals surface area contributed by atoms with E-state index in [0.29, 0.717) is 17.8 Å². The molecule has 0 fully saturated rings. The summed E-state index contributed by atoms with van der Waals surface area (Å²) in [5.74, 6) is 0.467. The van der Waals surface area contributed by atoms with Gasteiger partial charge < -0.3 is 10.7 Å². The number of nitrogens with two attached hydrogens (primary N) is 1. The minimum Gasteiger partial charge on any atom is -0.385 e. The first kappa shape index (κ1) is 10.5. The second-order valence-corrected chi connectivity index (χ2v) is 3.87. The van der Waals surface area contributed by atoms with Crippen LogP contribution in [0.2, 0.25) is 0 Å². The van der Waals surface area contributed by atoms with Crippen LogP contribution >= 0.6 is 0 Å². The van der Waals surface area contributed by atoms with Gasteiger partial charge in [0.1, 0.15) is 5.82 Å². The Labute approximate surface area is 93.9 Å². The molecule has 0 saturated carbocycles. The zero-order valence-electron chi connectivity index (χ0n) is 9.16. The van der Waals surface area contributed by atoms with Gasteiger partial charge in [-0.1, -0.05) is 30.3 Å². The predicted molar refractivity (Wildman–Crippen MR) is 65.5 cm³/mol. The summed E-state index contributed by atoms with van der Waals surface area (Å²) in [5, 5.41) is 0. The van der Waals surface area contributed by atoms with Gasteiger partial charge in [-0.3, -0.25) is 4.79 Å². The van der Waals surface area contributed by atoms with Crippen LogP contribution in [-0.2, 0) is 6.42 Å². The number of pyridine rings is 1. The van der Waals surface area contributed by atoms with Gasteiger partial charge in [0.25, 0.3) is 0 Å². The van der Waals surface area contributed by atoms with Crippen LogP contribution in [0.25, 0.3) is 0 Å². The molecule has 0 aliphatic rings. The van der Waals surface area contributed by atoms with Crippen molar-refractivity contribution in [1.82, 2.24) is 4.98 Å². The molecule has 0 unspecified atom stereocenters. The maximum Gasteiger partial charge on any atom is 0.187 e. The van der Waals surface area contributed by atoms with E-state index in [9.17, 15) is 4.79 Å². The molecule has 1 aromatic heterocycles. The number of aromatic nitrogens is 1. The van der Waals surface area contributed by atoms with Crippen LogP contribution in [0.5, 0.6) is 0 Å². The monoisotopic (exact) mass is 214 g/mol. The minimum atomic E-state index is -0.00222. The fourth-order valence-electron chi connectivity index (χ4n) is 1.72. The second-order valence-electron chi connectivity index (χ2n) is 3.87. The van der Waals surface area contributed by atoms with Crippen molar-refractivity contribution in [2.45, 2.75) is 13.3 Å². The van der Waals surface area contributed by atoms with Crippen LogP contribution < -0.4 is 11.2 Å². The molecule has 3 nitrogen and oxygen atoms in total. The number of rotatable bonds is 2. The van der Waals surface area contributed by atoms with Crippen LogP contribution in [-0.4, -0.2) is 4.98 Å². The van der Waals surface area contributed by atoms with Gasteiger partial charge in [0, 0.05) is 23.7 Å². The third kappa shape index (κ3) is 2.14. The van der Waals surface area contributed by atoms with Gasteiger partial charge in [0.2, 0.25) is 0 Å². The quantitative estimate of drug-likeness (QED) is 0.801. The Balaban J connectivity index is 2.39. The number of anilines is 1. The van der Waals surface area contributed by atoms with Crippen LogP contribution in [0.15, 0.2) is 41.2 Å². The molecule has 82 valence electrons. The van der Waals surface area contributed by atoms with Gasteiger partial charge in [-0.2, -0.15) is 0 Å². The topological polar surface area (TPSA) is 58.9 Å². The fraction of sp³-hybridized carbons (Fsp3) is 0.154. The molecule has 0 saturated heterocycles. The van der Waals surface area contributed by atoms with Gasteiger partial charge >= 0.3 is 0 Å². The van der Waals surface area contributed by atoms with E-state index < -0.39 is 0 Å². The van der Waals surface area contributed by atoms with Crippen molar-refractivity contribution in [2.75, 3.05) is 5.73 Å². The third-order valence-corrected chi connectivity index (χ3v) is 2.53. The SMILES string of the molecule is Cc1cc(=O)c(Cc2ccccc2)c(N)[nH]1. The standard InChI is InChI=1S/C13H14N2O/c1-9-7-12(16)11(13(14)15-9)8-10-5-3-2-4-6-10/h2-7H,8H2,1H3,(H3,14,15,16). The summed E-state index contributed by atoms with van der Waals surface area (Å²) in [6.45, 7) is 1.82. The Hall–Kier alpha value is -2.03. The first-order chi connectivity index (χ1) is 7.66. The van der Waals surface area contributed by atoms with Crippen molar-refractivity contribution >= 4 is 5.82 Å².